The Bertz CT molecular complexity index is 1470. The molecule has 0 aliphatic carbocycles. The summed E-state index contributed by atoms with van der Waals surface area (Å²) >= 11 is 8.30. The van der Waals surface area contributed by atoms with Gasteiger partial charge in [0.1, 0.15) is 11.6 Å². The number of methoxy groups -OCH3 is 1. The van der Waals surface area contributed by atoms with Crippen LogP contribution in [0.5, 0.6) is 5.75 Å². The van der Waals surface area contributed by atoms with E-state index < -0.39 is 11.6 Å². The summed E-state index contributed by atoms with van der Waals surface area (Å²) in [7, 11) is 1.56. The van der Waals surface area contributed by atoms with E-state index in [2.05, 4.69) is 25.4 Å². The molecule has 0 radical (unpaired) electrons. The highest BCUT2D eigenvalue weighted by atomic mass is 35.5. The van der Waals surface area contributed by atoms with E-state index in [-0.39, 0.29) is 5.02 Å². The van der Waals surface area contributed by atoms with E-state index in [1.807, 2.05) is 13.0 Å². The van der Waals surface area contributed by atoms with Gasteiger partial charge in [0.15, 0.2) is 22.6 Å². The van der Waals surface area contributed by atoms with Crippen molar-refractivity contribution in [2.45, 2.75) is 27.6 Å². The predicted octanol–water partition coefficient (Wildman–Crippen LogP) is 6.47. The molecule has 1 saturated heterocycles. The monoisotopic (exact) mass is 590 g/mol. The van der Waals surface area contributed by atoms with Gasteiger partial charge in [-0.1, -0.05) is 23.7 Å². The van der Waals surface area contributed by atoms with Crippen LogP contribution >= 0.6 is 35.1 Å². The summed E-state index contributed by atoms with van der Waals surface area (Å²) in [5.74, 6) is 1.47. The van der Waals surface area contributed by atoms with Crippen LogP contribution in [0.4, 0.5) is 26.2 Å². The number of hydrogen-bond donors (Lipinski definition) is 2. The van der Waals surface area contributed by atoms with Crippen LogP contribution < -0.4 is 15.0 Å². The van der Waals surface area contributed by atoms with Crippen molar-refractivity contribution in [3.63, 3.8) is 0 Å². The first-order valence-electron chi connectivity index (χ1n) is 12.0. The molecule has 0 atom stereocenters. The van der Waals surface area contributed by atoms with Crippen LogP contribution in [0, 0.1) is 18.6 Å². The zero-order chi connectivity index (χ0) is 27.4. The third kappa shape index (κ3) is 6.57. The van der Waals surface area contributed by atoms with Gasteiger partial charge in [0.2, 0.25) is 5.75 Å². The van der Waals surface area contributed by atoms with E-state index in [0.29, 0.717) is 75.8 Å². The highest BCUT2D eigenvalue weighted by molar-refractivity contribution is 7.99. The lowest BCUT2D eigenvalue weighted by Gasteiger charge is -2.29. The number of anilines is 3. The second-order valence-electron chi connectivity index (χ2n) is 8.57. The molecule has 0 saturated carbocycles. The SMILES string of the molecule is COc1c(Nc2cc(C)[nH]n2)nc(Sc2ccc(SCc3cccc(Cl)c3F)cc2F)nc1N1CCOCC1. The number of ether oxygens (including phenoxy) is 2. The van der Waals surface area contributed by atoms with Crippen molar-refractivity contribution >= 4 is 52.6 Å². The van der Waals surface area contributed by atoms with Gasteiger partial charge in [0, 0.05) is 35.5 Å². The minimum Gasteiger partial charge on any atom is -0.490 e. The Morgan fingerprint density at radius 2 is 1.97 bits per heavy atom. The molecule has 39 heavy (non-hydrogen) atoms. The molecule has 204 valence electrons. The molecule has 3 heterocycles. The molecular formula is C26H25ClF2N6O2S2. The van der Waals surface area contributed by atoms with Crippen molar-refractivity contribution in [1.82, 2.24) is 20.2 Å². The first kappa shape index (κ1) is 27.5. The average Bonchev–Trinajstić information content (AvgIpc) is 3.35. The number of thioether (sulfide) groups is 1. The molecule has 0 amide bonds. The minimum atomic E-state index is -0.457. The van der Waals surface area contributed by atoms with Crippen LogP contribution in [0.1, 0.15) is 11.3 Å². The zero-order valence-corrected chi connectivity index (χ0v) is 23.5. The van der Waals surface area contributed by atoms with Gasteiger partial charge in [-0.3, -0.25) is 5.10 Å². The molecule has 5 rings (SSSR count). The first-order valence-corrected chi connectivity index (χ1v) is 14.2. The topological polar surface area (TPSA) is 88.2 Å². The van der Waals surface area contributed by atoms with Crippen molar-refractivity contribution in [2.24, 2.45) is 0 Å². The molecule has 0 unspecified atom stereocenters. The van der Waals surface area contributed by atoms with Gasteiger partial charge in [-0.15, -0.1) is 11.8 Å². The second-order valence-corrected chi connectivity index (χ2v) is 11.0. The molecule has 4 aromatic rings. The molecule has 1 aliphatic rings. The molecule has 2 aromatic heterocycles. The lowest BCUT2D eigenvalue weighted by atomic mass is 10.2. The molecule has 0 bridgehead atoms. The van der Waals surface area contributed by atoms with Crippen molar-refractivity contribution in [3.05, 3.63) is 70.4 Å². The Balaban J connectivity index is 1.40. The molecule has 2 aromatic carbocycles. The molecular weight excluding hydrogens is 566 g/mol. The summed E-state index contributed by atoms with van der Waals surface area (Å²) < 4.78 is 40.6. The molecule has 0 spiro atoms. The van der Waals surface area contributed by atoms with E-state index in [4.69, 9.17) is 26.1 Å². The molecule has 8 nitrogen and oxygen atoms in total. The Morgan fingerprint density at radius 3 is 2.69 bits per heavy atom. The largest absolute Gasteiger partial charge is 0.490 e. The van der Waals surface area contributed by atoms with Gasteiger partial charge in [0.25, 0.3) is 0 Å². The summed E-state index contributed by atoms with van der Waals surface area (Å²) in [5.41, 5.74) is 1.34. The fourth-order valence-electron chi connectivity index (χ4n) is 3.90. The van der Waals surface area contributed by atoms with Crippen molar-refractivity contribution in [2.75, 3.05) is 43.6 Å². The fraction of sp³-hybridized carbons (Fsp3) is 0.269. The Kier molecular flexibility index (Phi) is 8.75. The Labute approximate surface area is 237 Å². The Hall–Kier alpha value is -3.06. The van der Waals surface area contributed by atoms with E-state index in [0.717, 1.165) is 17.5 Å². The highest BCUT2D eigenvalue weighted by Crippen LogP contribution is 2.39. The molecule has 1 aliphatic heterocycles. The highest BCUT2D eigenvalue weighted by Gasteiger charge is 2.24. The van der Waals surface area contributed by atoms with Crippen LogP contribution in [0.3, 0.4) is 0 Å². The van der Waals surface area contributed by atoms with Crippen LogP contribution in [0.15, 0.2) is 57.4 Å². The fourth-order valence-corrected chi connectivity index (χ4v) is 5.75. The number of morpholine rings is 1. The molecule has 1 fully saturated rings. The summed E-state index contributed by atoms with van der Waals surface area (Å²) in [6.45, 7) is 4.28. The van der Waals surface area contributed by atoms with E-state index in [1.54, 1.807) is 31.4 Å². The summed E-state index contributed by atoms with van der Waals surface area (Å²) in [6.07, 6.45) is 0. The Morgan fingerprint density at radius 1 is 1.15 bits per heavy atom. The number of nitrogens with one attached hydrogen (secondary N) is 2. The number of benzene rings is 2. The van der Waals surface area contributed by atoms with Gasteiger partial charge >= 0.3 is 0 Å². The maximum atomic E-state index is 15.2. The number of aromatic amines is 1. The van der Waals surface area contributed by atoms with E-state index in [1.165, 1.54) is 23.9 Å². The third-order valence-corrected chi connectivity index (χ3v) is 8.08. The van der Waals surface area contributed by atoms with Crippen LogP contribution in [0.25, 0.3) is 0 Å². The quantitative estimate of drug-likeness (QED) is 0.168. The zero-order valence-electron chi connectivity index (χ0n) is 21.1. The van der Waals surface area contributed by atoms with Crippen LogP contribution in [-0.4, -0.2) is 53.6 Å². The summed E-state index contributed by atoms with van der Waals surface area (Å²) in [5, 5.41) is 10.7. The maximum Gasteiger partial charge on any atom is 0.204 e. The number of nitrogens with zero attached hydrogens (tertiary/aromatic N) is 4. The lowest BCUT2D eigenvalue weighted by molar-refractivity contribution is 0.122. The minimum absolute atomic E-state index is 0.0678. The third-order valence-electron chi connectivity index (χ3n) is 5.82. The number of halogens is 3. The van der Waals surface area contributed by atoms with Crippen LogP contribution in [-0.2, 0) is 10.5 Å². The predicted molar refractivity (Wildman–Crippen MR) is 150 cm³/mol. The van der Waals surface area contributed by atoms with E-state index in [9.17, 15) is 4.39 Å². The van der Waals surface area contributed by atoms with Gasteiger partial charge < -0.3 is 19.7 Å². The number of aromatic nitrogens is 4. The van der Waals surface area contributed by atoms with Gasteiger partial charge in [-0.25, -0.2) is 18.7 Å². The number of rotatable bonds is 9. The average molecular weight is 591 g/mol. The van der Waals surface area contributed by atoms with E-state index >= 15 is 4.39 Å². The summed E-state index contributed by atoms with van der Waals surface area (Å²) in [4.78, 5) is 12.4. The van der Waals surface area contributed by atoms with Gasteiger partial charge in [0.05, 0.1) is 30.2 Å². The standard InChI is InChI=1S/C26H25ClF2N6O2S2/c1-15-12-21(34-33-15)30-24-23(36-2)25(35-8-10-37-11-9-35)32-26(31-24)39-20-7-6-17(13-19(20)28)38-14-16-4-3-5-18(27)22(16)29/h3-7,12-13H,8-11,14H2,1-2H3,(H2,30,31,32,33,34). The molecule has 13 heteroatoms. The smallest absolute Gasteiger partial charge is 0.204 e. The van der Waals surface area contributed by atoms with Gasteiger partial charge in [-0.2, -0.15) is 5.10 Å². The number of hydrogen-bond acceptors (Lipinski definition) is 9. The first-order chi connectivity index (χ1) is 18.9. The normalized spacial score (nSPS) is 13.5. The van der Waals surface area contributed by atoms with Crippen LogP contribution in [0.2, 0.25) is 5.02 Å². The number of aryl methyl sites for hydroxylation is 1. The maximum absolute atomic E-state index is 15.2. The lowest BCUT2D eigenvalue weighted by Crippen LogP contribution is -2.37. The van der Waals surface area contributed by atoms with Crippen molar-refractivity contribution in [1.29, 1.82) is 0 Å². The second kappa shape index (κ2) is 12.4. The summed E-state index contributed by atoms with van der Waals surface area (Å²) in [6, 6.07) is 11.6. The molecule has 2 N–H and O–H groups in total. The van der Waals surface area contributed by atoms with Crippen molar-refractivity contribution in [3.8, 4) is 5.75 Å². The van der Waals surface area contributed by atoms with Crippen molar-refractivity contribution < 1.29 is 18.3 Å². The number of H-pyrrole nitrogens is 1. The van der Waals surface area contributed by atoms with Gasteiger partial charge in [-0.05, 0) is 48.5 Å².